The average molecular weight is 183 g/mol. The summed E-state index contributed by atoms with van der Waals surface area (Å²) in [6.07, 6.45) is 0. The Labute approximate surface area is 76.4 Å². The van der Waals surface area contributed by atoms with E-state index >= 15 is 0 Å². The summed E-state index contributed by atoms with van der Waals surface area (Å²) >= 11 is 1.52. The minimum atomic E-state index is -0.361. The van der Waals surface area contributed by atoms with E-state index in [-0.39, 0.29) is 17.7 Å². The topological polar surface area (TPSA) is 43.1 Å². The standard InChI is InChI=1S/C9H13NOS/c1-6(2)8(10)9(11)7-3-4-12-5-7/h3-6,8H,10H2,1-2H3. The molecular weight excluding hydrogens is 170 g/mol. The van der Waals surface area contributed by atoms with Crippen molar-refractivity contribution in [2.24, 2.45) is 11.7 Å². The quantitative estimate of drug-likeness (QED) is 0.727. The highest BCUT2D eigenvalue weighted by Gasteiger charge is 2.18. The molecule has 2 nitrogen and oxygen atoms in total. The van der Waals surface area contributed by atoms with Gasteiger partial charge >= 0.3 is 0 Å². The van der Waals surface area contributed by atoms with Crippen LogP contribution in [0.4, 0.5) is 0 Å². The number of Topliss-reactive ketones (excluding diaryl/α,β-unsaturated/α-hetero) is 1. The van der Waals surface area contributed by atoms with Crippen molar-refractivity contribution >= 4 is 17.1 Å². The maximum Gasteiger partial charge on any atom is 0.180 e. The second kappa shape index (κ2) is 3.83. The van der Waals surface area contributed by atoms with Gasteiger partial charge in [0.2, 0.25) is 0 Å². The monoisotopic (exact) mass is 183 g/mol. The fraction of sp³-hybridized carbons (Fsp3) is 0.444. The third-order valence-electron chi connectivity index (χ3n) is 1.83. The number of hydrogen-bond acceptors (Lipinski definition) is 3. The third kappa shape index (κ3) is 1.93. The third-order valence-corrected chi connectivity index (χ3v) is 2.51. The van der Waals surface area contributed by atoms with Crippen LogP contribution in [0.3, 0.4) is 0 Å². The van der Waals surface area contributed by atoms with Gasteiger partial charge in [-0.05, 0) is 17.4 Å². The molecule has 66 valence electrons. The van der Waals surface area contributed by atoms with Crippen molar-refractivity contribution in [3.63, 3.8) is 0 Å². The summed E-state index contributed by atoms with van der Waals surface area (Å²) in [6, 6.07) is 1.45. The zero-order chi connectivity index (χ0) is 9.14. The molecule has 0 bridgehead atoms. The minimum Gasteiger partial charge on any atom is -0.321 e. The van der Waals surface area contributed by atoms with Crippen molar-refractivity contribution in [2.45, 2.75) is 19.9 Å². The Kier molecular flexibility index (Phi) is 3.00. The number of thiophene rings is 1. The molecule has 0 saturated heterocycles. The number of hydrogen-bond donors (Lipinski definition) is 1. The van der Waals surface area contributed by atoms with Crippen LogP contribution in [0.15, 0.2) is 16.8 Å². The van der Waals surface area contributed by atoms with Crippen LogP contribution in [0.1, 0.15) is 24.2 Å². The van der Waals surface area contributed by atoms with Crippen LogP contribution in [-0.4, -0.2) is 11.8 Å². The van der Waals surface area contributed by atoms with E-state index in [1.54, 1.807) is 0 Å². The molecule has 0 aliphatic rings. The van der Waals surface area contributed by atoms with E-state index in [4.69, 9.17) is 5.73 Å². The number of carbonyl (C=O) groups is 1. The Morgan fingerprint density at radius 1 is 1.58 bits per heavy atom. The van der Waals surface area contributed by atoms with Crippen LogP contribution in [0.2, 0.25) is 0 Å². The van der Waals surface area contributed by atoms with E-state index < -0.39 is 0 Å². The summed E-state index contributed by atoms with van der Waals surface area (Å²) in [5.74, 6) is 0.253. The van der Waals surface area contributed by atoms with Crippen LogP contribution in [0.5, 0.6) is 0 Å². The molecule has 1 rings (SSSR count). The zero-order valence-corrected chi connectivity index (χ0v) is 8.10. The van der Waals surface area contributed by atoms with Crippen molar-refractivity contribution < 1.29 is 4.79 Å². The Balaban J connectivity index is 2.72. The van der Waals surface area contributed by atoms with E-state index in [2.05, 4.69) is 0 Å². The Morgan fingerprint density at radius 2 is 2.25 bits per heavy atom. The number of nitrogens with two attached hydrogens (primary N) is 1. The van der Waals surface area contributed by atoms with Crippen LogP contribution >= 0.6 is 11.3 Å². The Hall–Kier alpha value is -0.670. The second-order valence-electron chi connectivity index (χ2n) is 3.15. The molecule has 2 N–H and O–H groups in total. The maximum absolute atomic E-state index is 11.5. The number of carbonyl (C=O) groups excluding carboxylic acids is 1. The summed E-state index contributed by atoms with van der Waals surface area (Å²) in [5, 5.41) is 3.73. The number of rotatable bonds is 3. The lowest BCUT2D eigenvalue weighted by Crippen LogP contribution is -2.35. The van der Waals surface area contributed by atoms with Gasteiger partial charge in [-0.15, -0.1) is 0 Å². The van der Waals surface area contributed by atoms with Crippen LogP contribution in [-0.2, 0) is 0 Å². The van der Waals surface area contributed by atoms with Crippen LogP contribution in [0.25, 0.3) is 0 Å². The van der Waals surface area contributed by atoms with Gasteiger partial charge in [-0.1, -0.05) is 13.8 Å². The largest absolute Gasteiger partial charge is 0.321 e. The zero-order valence-electron chi connectivity index (χ0n) is 7.28. The van der Waals surface area contributed by atoms with Gasteiger partial charge in [0.25, 0.3) is 0 Å². The smallest absolute Gasteiger partial charge is 0.180 e. The first-order valence-electron chi connectivity index (χ1n) is 3.95. The highest BCUT2D eigenvalue weighted by atomic mass is 32.1. The van der Waals surface area contributed by atoms with Crippen molar-refractivity contribution in [3.05, 3.63) is 22.4 Å². The van der Waals surface area contributed by atoms with Gasteiger partial charge in [-0.2, -0.15) is 11.3 Å². The fourth-order valence-corrected chi connectivity index (χ4v) is 1.54. The van der Waals surface area contributed by atoms with E-state index in [1.165, 1.54) is 11.3 Å². The van der Waals surface area contributed by atoms with Gasteiger partial charge < -0.3 is 5.73 Å². The Bertz CT molecular complexity index is 254. The normalized spacial score (nSPS) is 13.3. The summed E-state index contributed by atoms with van der Waals surface area (Å²) in [5.41, 5.74) is 6.44. The molecule has 0 spiro atoms. The van der Waals surface area contributed by atoms with E-state index in [9.17, 15) is 4.79 Å². The van der Waals surface area contributed by atoms with Crippen LogP contribution < -0.4 is 5.73 Å². The van der Waals surface area contributed by atoms with Gasteiger partial charge in [0, 0.05) is 10.9 Å². The second-order valence-corrected chi connectivity index (χ2v) is 3.93. The molecule has 1 heterocycles. The first-order chi connectivity index (χ1) is 5.63. The number of ketones is 1. The molecule has 0 fully saturated rings. The molecule has 1 atom stereocenters. The molecule has 0 radical (unpaired) electrons. The van der Waals surface area contributed by atoms with Gasteiger partial charge in [0.1, 0.15) is 0 Å². The molecule has 3 heteroatoms. The molecule has 12 heavy (non-hydrogen) atoms. The predicted octanol–water partition coefficient (Wildman–Crippen LogP) is 1.91. The van der Waals surface area contributed by atoms with Gasteiger partial charge in [-0.25, -0.2) is 0 Å². The molecular formula is C9H13NOS. The molecule has 0 amide bonds. The summed E-state index contributed by atoms with van der Waals surface area (Å²) in [4.78, 5) is 11.5. The van der Waals surface area contributed by atoms with Crippen molar-refractivity contribution in [1.82, 2.24) is 0 Å². The van der Waals surface area contributed by atoms with Crippen LogP contribution in [0, 0.1) is 5.92 Å². The van der Waals surface area contributed by atoms with Gasteiger partial charge in [0.05, 0.1) is 6.04 Å². The summed E-state index contributed by atoms with van der Waals surface area (Å²) < 4.78 is 0. The highest BCUT2D eigenvalue weighted by Crippen LogP contribution is 2.11. The molecule has 0 saturated carbocycles. The van der Waals surface area contributed by atoms with Crippen molar-refractivity contribution in [1.29, 1.82) is 0 Å². The molecule has 1 unspecified atom stereocenters. The maximum atomic E-state index is 11.5. The first-order valence-corrected chi connectivity index (χ1v) is 4.89. The predicted molar refractivity (Wildman–Crippen MR) is 51.5 cm³/mol. The molecule has 1 aromatic rings. The van der Waals surface area contributed by atoms with Crippen molar-refractivity contribution in [2.75, 3.05) is 0 Å². The molecule has 0 aliphatic carbocycles. The lowest BCUT2D eigenvalue weighted by molar-refractivity contribution is 0.0941. The molecule has 1 aromatic heterocycles. The van der Waals surface area contributed by atoms with E-state index in [0.717, 1.165) is 5.56 Å². The summed E-state index contributed by atoms with van der Waals surface area (Å²) in [6.45, 7) is 3.91. The van der Waals surface area contributed by atoms with E-state index in [1.807, 2.05) is 30.7 Å². The minimum absolute atomic E-state index is 0.0475. The van der Waals surface area contributed by atoms with Gasteiger partial charge in [0.15, 0.2) is 5.78 Å². The summed E-state index contributed by atoms with van der Waals surface area (Å²) in [7, 11) is 0. The SMILES string of the molecule is CC(C)C(N)C(=O)c1ccsc1. The Morgan fingerprint density at radius 3 is 2.67 bits per heavy atom. The molecule has 0 aromatic carbocycles. The lowest BCUT2D eigenvalue weighted by atomic mass is 9.98. The molecule has 0 aliphatic heterocycles. The van der Waals surface area contributed by atoms with Gasteiger partial charge in [-0.3, -0.25) is 4.79 Å². The average Bonchev–Trinajstić information content (AvgIpc) is 2.53. The highest BCUT2D eigenvalue weighted by molar-refractivity contribution is 7.08. The van der Waals surface area contributed by atoms with Crippen molar-refractivity contribution in [3.8, 4) is 0 Å². The fourth-order valence-electron chi connectivity index (χ4n) is 0.900. The van der Waals surface area contributed by atoms with E-state index in [0.29, 0.717) is 0 Å². The lowest BCUT2D eigenvalue weighted by Gasteiger charge is -2.12. The first kappa shape index (κ1) is 9.42.